The molecule has 3 rings (SSSR count). The van der Waals surface area contributed by atoms with Gasteiger partial charge in [-0.2, -0.15) is 11.8 Å². The van der Waals surface area contributed by atoms with Gasteiger partial charge in [-0.05, 0) is 18.2 Å². The van der Waals surface area contributed by atoms with E-state index in [-0.39, 0.29) is 5.54 Å². The van der Waals surface area contributed by atoms with E-state index in [9.17, 15) is 0 Å². The second kappa shape index (κ2) is 8.89. The molecule has 7 heteroatoms. The third-order valence-corrected chi connectivity index (χ3v) is 6.12. The van der Waals surface area contributed by atoms with Crippen molar-refractivity contribution in [2.24, 2.45) is 10.7 Å². The number of thioether (sulfide) groups is 1. The molecular formula is C18H28N4O2S. The van der Waals surface area contributed by atoms with Crippen LogP contribution in [0, 0.1) is 0 Å². The summed E-state index contributed by atoms with van der Waals surface area (Å²) in [6, 6.07) is 8.01. The maximum atomic E-state index is 6.19. The van der Waals surface area contributed by atoms with Gasteiger partial charge in [-0.15, -0.1) is 0 Å². The zero-order valence-electron chi connectivity index (χ0n) is 14.9. The number of para-hydroxylation sites is 1. The van der Waals surface area contributed by atoms with E-state index in [2.05, 4.69) is 10.2 Å². The first-order chi connectivity index (χ1) is 12.2. The SMILES string of the molecule is COCc1ccccc1NC(N)=NCC1(N2CCOCC2)CCSC1. The number of ether oxygens (including phenoxy) is 2. The average molecular weight is 365 g/mol. The first-order valence-corrected chi connectivity index (χ1v) is 9.93. The highest BCUT2D eigenvalue weighted by Gasteiger charge is 2.40. The van der Waals surface area contributed by atoms with Crippen molar-refractivity contribution in [3.63, 3.8) is 0 Å². The van der Waals surface area contributed by atoms with E-state index >= 15 is 0 Å². The van der Waals surface area contributed by atoms with Crippen molar-refractivity contribution in [2.75, 3.05) is 56.8 Å². The van der Waals surface area contributed by atoms with Gasteiger partial charge < -0.3 is 20.5 Å². The largest absolute Gasteiger partial charge is 0.380 e. The Morgan fingerprint density at radius 3 is 2.92 bits per heavy atom. The molecule has 0 bridgehead atoms. The van der Waals surface area contributed by atoms with Crippen molar-refractivity contribution in [1.29, 1.82) is 0 Å². The summed E-state index contributed by atoms with van der Waals surface area (Å²) in [6.45, 7) is 4.87. The molecule has 1 atom stereocenters. The fourth-order valence-electron chi connectivity index (χ4n) is 3.44. The van der Waals surface area contributed by atoms with Gasteiger partial charge in [-0.3, -0.25) is 9.89 Å². The van der Waals surface area contributed by atoms with Crippen LogP contribution in [-0.4, -0.2) is 67.9 Å². The lowest BCUT2D eigenvalue weighted by atomic mass is 9.96. The molecule has 25 heavy (non-hydrogen) atoms. The quantitative estimate of drug-likeness (QED) is 0.592. The van der Waals surface area contributed by atoms with Gasteiger partial charge in [0.1, 0.15) is 0 Å². The summed E-state index contributed by atoms with van der Waals surface area (Å²) >= 11 is 2.01. The van der Waals surface area contributed by atoms with Crippen molar-refractivity contribution >= 4 is 23.4 Å². The third-order valence-electron chi connectivity index (χ3n) is 4.89. The number of nitrogens with two attached hydrogens (primary N) is 1. The molecule has 1 unspecified atom stereocenters. The maximum absolute atomic E-state index is 6.19. The van der Waals surface area contributed by atoms with Crippen LogP contribution in [0.2, 0.25) is 0 Å². The van der Waals surface area contributed by atoms with Crippen LogP contribution in [0.3, 0.4) is 0 Å². The number of hydrogen-bond acceptors (Lipinski definition) is 5. The van der Waals surface area contributed by atoms with Gasteiger partial charge in [-0.1, -0.05) is 18.2 Å². The highest BCUT2D eigenvalue weighted by atomic mass is 32.2. The van der Waals surface area contributed by atoms with Crippen LogP contribution in [0.25, 0.3) is 0 Å². The maximum Gasteiger partial charge on any atom is 0.193 e. The van der Waals surface area contributed by atoms with Gasteiger partial charge in [0.15, 0.2) is 5.96 Å². The van der Waals surface area contributed by atoms with Gasteiger partial charge in [0, 0.05) is 37.2 Å². The Kier molecular flexibility index (Phi) is 6.58. The van der Waals surface area contributed by atoms with Gasteiger partial charge in [0.2, 0.25) is 0 Å². The Bertz CT molecular complexity index is 584. The van der Waals surface area contributed by atoms with Gasteiger partial charge in [0.25, 0.3) is 0 Å². The van der Waals surface area contributed by atoms with E-state index in [4.69, 9.17) is 20.2 Å². The highest BCUT2D eigenvalue weighted by molar-refractivity contribution is 7.99. The van der Waals surface area contributed by atoms with Gasteiger partial charge in [0.05, 0.1) is 31.9 Å². The zero-order chi connectivity index (χ0) is 17.5. The van der Waals surface area contributed by atoms with Gasteiger partial charge in [-0.25, -0.2) is 0 Å². The molecule has 0 amide bonds. The number of hydrogen-bond donors (Lipinski definition) is 2. The predicted octanol–water partition coefficient (Wildman–Crippen LogP) is 1.77. The number of rotatable bonds is 6. The molecule has 0 aliphatic carbocycles. The minimum atomic E-state index is 0.118. The van der Waals surface area contributed by atoms with Crippen LogP contribution in [0.5, 0.6) is 0 Å². The van der Waals surface area contributed by atoms with Crippen molar-refractivity contribution in [3.8, 4) is 0 Å². The number of guanidine groups is 1. The van der Waals surface area contributed by atoms with Crippen molar-refractivity contribution in [2.45, 2.75) is 18.6 Å². The molecule has 2 heterocycles. The van der Waals surface area contributed by atoms with Crippen molar-refractivity contribution < 1.29 is 9.47 Å². The molecule has 2 fully saturated rings. The molecule has 138 valence electrons. The van der Waals surface area contributed by atoms with Crippen LogP contribution in [-0.2, 0) is 16.1 Å². The van der Waals surface area contributed by atoms with E-state index in [0.29, 0.717) is 12.6 Å². The second-order valence-electron chi connectivity index (χ2n) is 6.54. The summed E-state index contributed by atoms with van der Waals surface area (Å²) in [7, 11) is 1.69. The molecule has 2 aliphatic heterocycles. The molecule has 0 radical (unpaired) electrons. The molecular weight excluding hydrogens is 336 g/mol. The molecule has 1 aromatic rings. The number of anilines is 1. The van der Waals surface area contributed by atoms with Crippen LogP contribution >= 0.6 is 11.8 Å². The molecule has 3 N–H and O–H groups in total. The number of benzene rings is 1. The minimum absolute atomic E-state index is 0.118. The first kappa shape index (κ1) is 18.5. The molecule has 6 nitrogen and oxygen atoms in total. The van der Waals surface area contributed by atoms with E-state index in [1.807, 2.05) is 36.0 Å². The summed E-state index contributed by atoms with van der Waals surface area (Å²) in [5, 5.41) is 3.24. The Labute approximate surface area is 154 Å². The lowest BCUT2D eigenvalue weighted by molar-refractivity contribution is -0.0104. The van der Waals surface area contributed by atoms with E-state index in [0.717, 1.165) is 56.3 Å². The minimum Gasteiger partial charge on any atom is -0.380 e. The molecule has 2 aliphatic rings. The number of nitrogens with one attached hydrogen (secondary N) is 1. The Hall–Kier alpha value is -1.28. The standard InChI is InChI=1S/C18H28N4O2S/c1-23-12-15-4-2-3-5-16(15)21-17(19)20-13-18(6-11-25-14-18)22-7-9-24-10-8-22/h2-5H,6-14H2,1H3,(H3,19,20,21). The van der Waals surface area contributed by atoms with E-state index < -0.39 is 0 Å². The molecule has 2 saturated heterocycles. The lowest BCUT2D eigenvalue weighted by Gasteiger charge is -2.42. The fourth-order valence-corrected chi connectivity index (χ4v) is 4.91. The molecule has 1 aromatic carbocycles. The number of aliphatic imine (C=N–C) groups is 1. The lowest BCUT2D eigenvalue weighted by Crippen LogP contribution is -2.56. The van der Waals surface area contributed by atoms with Crippen LogP contribution in [0.15, 0.2) is 29.3 Å². The Morgan fingerprint density at radius 2 is 2.20 bits per heavy atom. The summed E-state index contributed by atoms with van der Waals surface area (Å²) in [6.07, 6.45) is 1.16. The molecule has 0 aromatic heterocycles. The predicted molar refractivity (Wildman–Crippen MR) is 104 cm³/mol. The third kappa shape index (κ3) is 4.67. The summed E-state index contributed by atoms with van der Waals surface area (Å²) in [4.78, 5) is 7.24. The number of nitrogens with zero attached hydrogens (tertiary/aromatic N) is 2. The van der Waals surface area contributed by atoms with Crippen molar-refractivity contribution in [3.05, 3.63) is 29.8 Å². The topological polar surface area (TPSA) is 72.1 Å². The number of methoxy groups -OCH3 is 1. The zero-order valence-corrected chi connectivity index (χ0v) is 15.7. The second-order valence-corrected chi connectivity index (χ2v) is 7.65. The highest BCUT2D eigenvalue weighted by Crippen LogP contribution is 2.34. The summed E-state index contributed by atoms with van der Waals surface area (Å²) in [5.74, 6) is 2.77. The monoisotopic (exact) mass is 364 g/mol. The molecule has 0 saturated carbocycles. The summed E-state index contributed by atoms with van der Waals surface area (Å²) in [5.41, 5.74) is 8.33. The van der Waals surface area contributed by atoms with E-state index in [1.165, 1.54) is 5.75 Å². The summed E-state index contributed by atoms with van der Waals surface area (Å²) < 4.78 is 10.8. The van der Waals surface area contributed by atoms with Gasteiger partial charge >= 0.3 is 0 Å². The smallest absolute Gasteiger partial charge is 0.193 e. The van der Waals surface area contributed by atoms with Crippen LogP contribution < -0.4 is 11.1 Å². The molecule has 0 spiro atoms. The Balaban J connectivity index is 1.67. The normalized spacial score (nSPS) is 25.2. The average Bonchev–Trinajstić information content (AvgIpc) is 3.13. The fraction of sp³-hybridized carbons (Fsp3) is 0.611. The Morgan fingerprint density at radius 1 is 1.40 bits per heavy atom. The van der Waals surface area contributed by atoms with Crippen LogP contribution in [0.4, 0.5) is 5.69 Å². The first-order valence-electron chi connectivity index (χ1n) is 8.78. The van der Waals surface area contributed by atoms with Crippen LogP contribution in [0.1, 0.15) is 12.0 Å². The van der Waals surface area contributed by atoms with Crippen molar-refractivity contribution in [1.82, 2.24) is 4.90 Å². The van der Waals surface area contributed by atoms with E-state index in [1.54, 1.807) is 7.11 Å². The number of morpholine rings is 1.